The van der Waals surface area contributed by atoms with Crippen molar-refractivity contribution >= 4 is 178 Å². The molecule has 133 heavy (non-hydrogen) atoms. The predicted octanol–water partition coefficient (Wildman–Crippen LogP) is 24.7. The number of benzene rings is 7. The molecule has 3 saturated carbocycles. The van der Waals surface area contributed by atoms with E-state index in [4.69, 9.17) is 171 Å². The molecule has 3 aliphatic carbocycles. The zero-order valence-corrected chi connectivity index (χ0v) is 86.0. The van der Waals surface area contributed by atoms with E-state index in [1.165, 1.54) is 26.8 Å². The molecule has 7 aliphatic rings. The van der Waals surface area contributed by atoms with E-state index in [9.17, 15) is 44.7 Å². The maximum Gasteiger partial charge on any atom is 0.410 e. The van der Waals surface area contributed by atoms with E-state index in [1.807, 2.05) is 32.9 Å². The van der Waals surface area contributed by atoms with Crippen LogP contribution in [0.4, 0.5) is 14.4 Å². The SMILES string of the molecule is CC(C)(C)OC(=O)N1CC(O)(c2ccc(O)cc2Cl)C1.CC(C)(C)OC(=O)N1CC(O)(c2ccc(OCc3c(-c4c(Cl)cccc4Cl)noc3C3CC3)cc2Cl)C1.CC(C)(C)OC(=O)N1CC(O)(c2ccc(O[Si](C)(C)C(C)(C)C)cc2Cl)C1.Cl.NC(=C(CCl)C(=O)C1CC1)c1c(Cl)cccc1Cl.OC1(c2ccc(OCc3c(-c4c(Cl)cccc4Cl)noc3C3CC3)cc2Cl)CNC1. The number of alkyl halides is 1. The van der Waals surface area contributed by atoms with Crippen LogP contribution in [-0.2, 0) is 54.6 Å². The number of aromatic hydroxyl groups is 1. The van der Waals surface area contributed by atoms with Crippen molar-refractivity contribution in [3.05, 3.63) is 234 Å². The third-order valence-electron chi connectivity index (χ3n) is 23.1. The Bertz CT molecular complexity index is 5730. The Labute approximate surface area is 836 Å². The standard InChI is InChI=1S/C27H27Cl3N2O5.C22H19Cl3N2O3.C20H32ClNO4Si.C14H18ClNO4.C13H12Cl3NO.ClH/c1-26(2,3)36-25(33)32-13-27(34,14-32)18-10-9-16(11-21(18)30)35-12-17-23(31-37-24(17)15-7-8-15)22-19(28)5-4-6-20(22)29;23-16-2-1-3-17(24)19(16)20-14(21(30-27-20)12-4-5-12)9-29-13-6-7-15(18(25)8-13)22(28)10-26-11-22;1-18(2,3)25-17(23)22-12-20(24,13-22)15-10-9-14(11-16(15)21)26-27(7,8)19(4,5)6;1-13(2,3)20-12(18)16-7-14(19,8-16)10-5-4-9(17)6-11(10)15;14-6-8(13(18)7-4-5-7)12(17)11-9(15)2-1-3-10(11)16;/h4-6,9-11,15,34H,7-8,12-14H2,1-3H3;1-3,6-8,12,26,28H,4-5,9-11H2;9-11,24H,12-13H2,1-8H3;4-6,17,19H,7-8H2,1-3H3;1-3,7H,4-6,17H2;1H. The second-order valence-corrected chi connectivity index (χ2v) is 47.6. The highest BCUT2D eigenvalue weighted by molar-refractivity contribution is 6.74. The van der Waals surface area contributed by atoms with Gasteiger partial charge in [-0.1, -0.05) is 190 Å². The van der Waals surface area contributed by atoms with E-state index in [1.54, 1.807) is 145 Å². The Kier molecular flexibility index (Phi) is 33.6. The number of aliphatic hydroxyl groups is 4. The second kappa shape index (κ2) is 42.2. The lowest BCUT2D eigenvalue weighted by atomic mass is 9.86. The lowest BCUT2D eigenvalue weighted by molar-refractivity contribution is -0.116. The molecular weight excluding hydrogens is 1980 g/mol. The normalized spacial score (nSPS) is 17.0. The molecule has 3 amide bonds. The van der Waals surface area contributed by atoms with Gasteiger partial charge in [-0.05, 0) is 204 Å². The van der Waals surface area contributed by atoms with Gasteiger partial charge in [0.05, 0.1) is 107 Å². The molecule has 7 fully saturated rings. The average Bonchev–Trinajstić information content (AvgIpc) is 1.65. The highest BCUT2D eigenvalue weighted by Crippen LogP contribution is 2.51. The molecule has 37 heteroatoms. The molecule has 0 bridgehead atoms. The van der Waals surface area contributed by atoms with Crippen molar-refractivity contribution in [2.75, 3.05) is 58.2 Å². The zero-order chi connectivity index (χ0) is 96.7. The number of carbonyl (C=O) groups excluding carboxylic acids is 4. The molecular formula is C96H109Cl12N7O17Si. The molecule has 4 saturated heterocycles. The van der Waals surface area contributed by atoms with Crippen LogP contribution in [0.2, 0.25) is 68.4 Å². The number of β-amino-alcohol motifs (C(OH)–C–C–N with tert-alkyl or cyclic N) is 4. The Morgan fingerprint density at radius 2 is 0.789 bits per heavy atom. The second-order valence-electron chi connectivity index (χ2n) is 38.5. The number of rotatable bonds is 20. The van der Waals surface area contributed by atoms with Crippen molar-refractivity contribution in [3.8, 4) is 45.5 Å². The van der Waals surface area contributed by atoms with Crippen LogP contribution in [-0.4, -0.2) is 158 Å². The van der Waals surface area contributed by atoms with Crippen LogP contribution >= 0.6 is 140 Å². The van der Waals surface area contributed by atoms with Gasteiger partial charge in [0.25, 0.3) is 0 Å². The summed E-state index contributed by atoms with van der Waals surface area (Å²) >= 11 is 69.1. The highest BCUT2D eigenvalue weighted by Gasteiger charge is 2.51. The van der Waals surface area contributed by atoms with Gasteiger partial charge in [-0.2, -0.15) is 0 Å². The lowest BCUT2D eigenvalue weighted by Crippen LogP contribution is -2.62. The minimum Gasteiger partial charge on any atom is -0.543 e. The lowest BCUT2D eigenvalue weighted by Gasteiger charge is -2.47. The van der Waals surface area contributed by atoms with Crippen molar-refractivity contribution in [1.82, 2.24) is 30.3 Å². The molecule has 0 spiro atoms. The molecule has 16 rings (SSSR count). The van der Waals surface area contributed by atoms with Gasteiger partial charge in [-0.25, -0.2) is 14.4 Å². The number of ether oxygens (including phenoxy) is 5. The number of halogens is 12. The number of hydrogen-bond donors (Lipinski definition) is 7. The van der Waals surface area contributed by atoms with Crippen molar-refractivity contribution in [1.29, 1.82) is 0 Å². The molecule has 2 aromatic heterocycles. The van der Waals surface area contributed by atoms with Gasteiger partial charge in [-0.3, -0.25) is 4.79 Å². The first-order chi connectivity index (χ1) is 61.6. The Morgan fingerprint density at radius 1 is 0.466 bits per heavy atom. The molecule has 0 unspecified atom stereocenters. The number of ketones is 1. The Balaban J connectivity index is 0.000000164. The van der Waals surface area contributed by atoms with Crippen LogP contribution in [0.15, 0.2) is 142 Å². The summed E-state index contributed by atoms with van der Waals surface area (Å²) in [5.41, 5.74) is 7.31. The van der Waals surface area contributed by atoms with Gasteiger partial charge >= 0.3 is 18.3 Å². The Morgan fingerprint density at radius 3 is 1.09 bits per heavy atom. The number of phenolic OH excluding ortho intramolecular Hbond substituents is 1. The first-order valence-corrected chi connectivity index (χ1v) is 50.1. The number of carbonyl (C=O) groups is 4. The minimum atomic E-state index is -1.97. The van der Waals surface area contributed by atoms with E-state index < -0.39 is 65.8 Å². The van der Waals surface area contributed by atoms with Crippen LogP contribution in [0, 0.1) is 5.92 Å². The predicted molar refractivity (Wildman–Crippen MR) is 527 cm³/mol. The summed E-state index contributed by atoms with van der Waals surface area (Å²) in [6, 6.07) is 35.9. The number of aromatic nitrogens is 2. The van der Waals surface area contributed by atoms with Crippen LogP contribution in [0.5, 0.6) is 23.0 Å². The maximum absolute atomic E-state index is 12.3. The van der Waals surface area contributed by atoms with Crippen LogP contribution in [0.1, 0.15) is 184 Å². The summed E-state index contributed by atoms with van der Waals surface area (Å²) in [6.07, 6.45) is 4.62. The fourth-order valence-corrected chi connectivity index (χ4v) is 19.0. The molecule has 9 aromatic rings. The third-order valence-corrected chi connectivity index (χ3v) is 30.9. The van der Waals surface area contributed by atoms with Crippen LogP contribution in [0.25, 0.3) is 28.2 Å². The molecule has 24 nitrogen and oxygen atoms in total. The number of nitrogens with zero attached hydrogens (tertiary/aromatic N) is 5. The monoisotopic (exact) mass is 2080 g/mol. The van der Waals surface area contributed by atoms with E-state index in [-0.39, 0.29) is 104 Å². The molecule has 718 valence electrons. The molecule has 0 radical (unpaired) electrons. The fraction of sp³-hybridized carbons (Fsp3) is 0.438. The fourth-order valence-electron chi connectivity index (χ4n) is 14.6. The minimum absolute atomic E-state index is 0. The summed E-state index contributed by atoms with van der Waals surface area (Å²) in [7, 11) is -1.97. The first-order valence-electron chi connectivity index (χ1n) is 42.9. The van der Waals surface area contributed by atoms with E-state index in [2.05, 4.69) is 49.5 Å². The average molecular weight is 2090 g/mol. The summed E-state index contributed by atoms with van der Waals surface area (Å²) in [5.74, 6) is 4.25. The van der Waals surface area contributed by atoms with E-state index in [0.717, 1.165) is 61.2 Å². The Hall–Kier alpha value is -7.32. The number of hydrogen-bond acceptors (Lipinski definition) is 21. The summed E-state index contributed by atoms with van der Waals surface area (Å²) in [4.78, 5) is 52.6. The largest absolute Gasteiger partial charge is 0.543 e. The number of allylic oxidation sites excluding steroid dienone is 1. The van der Waals surface area contributed by atoms with Crippen molar-refractivity contribution in [3.63, 3.8) is 0 Å². The van der Waals surface area contributed by atoms with Crippen molar-refractivity contribution in [2.24, 2.45) is 11.7 Å². The van der Waals surface area contributed by atoms with E-state index in [0.29, 0.717) is 143 Å². The van der Waals surface area contributed by atoms with Crippen molar-refractivity contribution in [2.45, 2.75) is 204 Å². The van der Waals surface area contributed by atoms with Gasteiger partial charge in [0.15, 0.2) is 5.78 Å². The number of nitrogens with one attached hydrogen (secondary N) is 1. The molecule has 4 aliphatic heterocycles. The first kappa shape index (κ1) is 106. The number of likely N-dealkylation sites (tertiary alicyclic amines) is 3. The van der Waals surface area contributed by atoms with Gasteiger partial charge in [-0.15, -0.1) is 24.0 Å². The van der Waals surface area contributed by atoms with Gasteiger partial charge < -0.3 is 88.4 Å². The van der Waals surface area contributed by atoms with E-state index >= 15 is 0 Å². The summed E-state index contributed by atoms with van der Waals surface area (Å²) < 4.78 is 45.7. The topological polar surface area (TPSA) is 325 Å². The molecule has 0 atom stereocenters. The number of Topliss-reactive ketones (excluding diaryl/α,β-unsaturated/α-hetero) is 1. The zero-order valence-electron chi connectivity index (χ0n) is 75.9. The number of amides is 3. The molecule has 7 aromatic carbocycles. The number of phenols is 1. The van der Waals surface area contributed by atoms with Gasteiger partial charge in [0.2, 0.25) is 8.32 Å². The number of nitrogens with two attached hydrogens (primary N) is 1. The molecule has 6 heterocycles. The summed E-state index contributed by atoms with van der Waals surface area (Å²) in [6.45, 7) is 29.2. The van der Waals surface area contributed by atoms with Gasteiger partial charge in [0, 0.05) is 81.1 Å². The summed E-state index contributed by atoms with van der Waals surface area (Å²) in [5, 5.41) is 68.2. The van der Waals surface area contributed by atoms with Crippen LogP contribution < -0.4 is 25.0 Å². The maximum atomic E-state index is 12.3. The third kappa shape index (κ3) is 26.0. The quantitative estimate of drug-likeness (QED) is 0.0161. The van der Waals surface area contributed by atoms with Crippen LogP contribution in [0.3, 0.4) is 0 Å². The highest BCUT2D eigenvalue weighted by atomic mass is 35.5. The molecule has 8 N–H and O–H groups in total. The van der Waals surface area contributed by atoms with Gasteiger partial charge in [0.1, 0.15) is 98.3 Å². The van der Waals surface area contributed by atoms with Crippen molar-refractivity contribution < 1.29 is 81.9 Å². The smallest absolute Gasteiger partial charge is 0.410 e.